The van der Waals surface area contributed by atoms with Crippen molar-refractivity contribution >= 4 is 28.5 Å². The van der Waals surface area contributed by atoms with Gasteiger partial charge in [-0.15, -0.1) is 11.3 Å². The van der Waals surface area contributed by atoms with Crippen LogP contribution in [0.2, 0.25) is 4.47 Å². The summed E-state index contributed by atoms with van der Waals surface area (Å²) < 4.78 is 2.34. The minimum atomic E-state index is 0.527. The highest BCUT2D eigenvalue weighted by molar-refractivity contribution is 7.16. The number of rotatable bonds is 3. The molecule has 0 aliphatic rings. The van der Waals surface area contributed by atoms with Crippen LogP contribution in [0, 0.1) is 0 Å². The summed E-state index contributed by atoms with van der Waals surface area (Å²) in [5, 5.41) is 4.22. The van der Waals surface area contributed by atoms with Crippen LogP contribution in [-0.2, 0) is 0 Å². The molecule has 0 saturated heterocycles. The minimum absolute atomic E-state index is 0.527. The van der Waals surface area contributed by atoms with Gasteiger partial charge in [0.1, 0.15) is 0 Å². The lowest BCUT2D eigenvalue weighted by Gasteiger charge is -2.06. The van der Waals surface area contributed by atoms with Crippen LogP contribution in [0.1, 0.15) is 10.4 Å². The van der Waals surface area contributed by atoms with Crippen molar-refractivity contribution < 1.29 is 0 Å². The molecule has 0 atom stereocenters. The van der Waals surface area contributed by atoms with Crippen molar-refractivity contribution in [2.45, 2.75) is 0 Å². The minimum Gasteiger partial charge on any atom is -0.241 e. The lowest BCUT2D eigenvalue weighted by Crippen LogP contribution is -1.95. The quantitative estimate of drug-likeness (QED) is 0.728. The first-order valence-electron chi connectivity index (χ1n) is 5.65. The normalized spacial score (nSPS) is 10.6. The Morgan fingerprint density at radius 2 is 2.21 bits per heavy atom. The molecule has 0 aliphatic carbocycles. The van der Waals surface area contributed by atoms with Crippen molar-refractivity contribution in [3.8, 4) is 5.69 Å². The van der Waals surface area contributed by atoms with Crippen LogP contribution in [0.5, 0.6) is 0 Å². The monoisotopic (exact) mass is 287 g/mol. The topological polar surface area (TPSA) is 30.7 Å². The molecule has 2 heterocycles. The maximum absolute atomic E-state index is 5.86. The van der Waals surface area contributed by atoms with Crippen LogP contribution in [0.15, 0.2) is 55.5 Å². The second-order valence-electron chi connectivity index (χ2n) is 3.96. The van der Waals surface area contributed by atoms with Gasteiger partial charge in [0.15, 0.2) is 4.47 Å². The molecule has 0 amide bonds. The van der Waals surface area contributed by atoms with Gasteiger partial charge in [0.2, 0.25) is 0 Å². The van der Waals surface area contributed by atoms with Crippen molar-refractivity contribution in [2.24, 2.45) is 0 Å². The van der Waals surface area contributed by atoms with Crippen molar-refractivity contribution in [3.05, 3.63) is 70.4 Å². The van der Waals surface area contributed by atoms with Gasteiger partial charge in [-0.25, -0.2) is 9.67 Å². The first-order valence-corrected chi connectivity index (χ1v) is 6.84. The molecule has 19 heavy (non-hydrogen) atoms. The van der Waals surface area contributed by atoms with Crippen molar-refractivity contribution in [2.75, 3.05) is 0 Å². The summed E-state index contributed by atoms with van der Waals surface area (Å²) in [4.78, 5) is 5.02. The molecule has 3 aromatic rings. The fraction of sp³-hybridized carbons (Fsp3) is 0. The van der Waals surface area contributed by atoms with E-state index in [2.05, 4.69) is 16.7 Å². The molecule has 3 rings (SSSR count). The standard InChI is InChI=1S/C14H10ClN3S/c1-10(13-9-16-14(15)19-13)11-4-2-5-12(8-11)18-7-3-6-17-18/h2-9H,1H2. The third kappa shape index (κ3) is 2.45. The van der Waals surface area contributed by atoms with E-state index in [1.807, 2.05) is 41.2 Å². The first kappa shape index (κ1) is 12.1. The molecule has 0 radical (unpaired) electrons. The summed E-state index contributed by atoms with van der Waals surface area (Å²) in [5.74, 6) is 0. The number of halogens is 1. The molecule has 0 saturated carbocycles. The third-order valence-corrected chi connectivity index (χ3v) is 3.91. The SMILES string of the molecule is C=C(c1cccc(-n2cccn2)c1)c1cnc(Cl)s1. The van der Waals surface area contributed by atoms with Gasteiger partial charge in [-0.05, 0) is 29.3 Å². The van der Waals surface area contributed by atoms with Gasteiger partial charge >= 0.3 is 0 Å². The second kappa shape index (κ2) is 4.99. The van der Waals surface area contributed by atoms with E-state index < -0.39 is 0 Å². The molecule has 0 unspecified atom stereocenters. The van der Waals surface area contributed by atoms with E-state index in [9.17, 15) is 0 Å². The van der Waals surface area contributed by atoms with Crippen LogP contribution < -0.4 is 0 Å². The average Bonchev–Trinajstić information content (AvgIpc) is 3.09. The number of nitrogens with zero attached hydrogens (tertiary/aromatic N) is 3. The van der Waals surface area contributed by atoms with Crippen LogP contribution in [0.3, 0.4) is 0 Å². The molecular formula is C14H10ClN3S. The molecule has 3 nitrogen and oxygen atoms in total. The summed E-state index contributed by atoms with van der Waals surface area (Å²) in [7, 11) is 0. The maximum Gasteiger partial charge on any atom is 0.184 e. The predicted molar refractivity (Wildman–Crippen MR) is 78.8 cm³/mol. The van der Waals surface area contributed by atoms with E-state index in [4.69, 9.17) is 11.6 Å². The molecule has 0 spiro atoms. The van der Waals surface area contributed by atoms with Gasteiger partial charge in [-0.3, -0.25) is 0 Å². The Bertz CT molecular complexity index is 716. The molecule has 2 aromatic heterocycles. The fourth-order valence-electron chi connectivity index (χ4n) is 1.79. The Kier molecular flexibility index (Phi) is 3.19. The van der Waals surface area contributed by atoms with Crippen molar-refractivity contribution in [1.82, 2.24) is 14.8 Å². The van der Waals surface area contributed by atoms with E-state index in [1.54, 1.807) is 12.4 Å². The molecule has 1 aromatic carbocycles. The number of hydrogen-bond acceptors (Lipinski definition) is 3. The predicted octanol–water partition coefficient (Wildman–Crippen LogP) is 4.04. The van der Waals surface area contributed by atoms with Gasteiger partial charge in [0, 0.05) is 18.6 Å². The average molecular weight is 288 g/mol. The highest BCUT2D eigenvalue weighted by Crippen LogP contribution is 2.29. The van der Waals surface area contributed by atoms with Crippen LogP contribution in [0.25, 0.3) is 11.3 Å². The number of aromatic nitrogens is 3. The fourth-order valence-corrected chi connectivity index (χ4v) is 2.72. The Hall–Kier alpha value is -1.91. The van der Waals surface area contributed by atoms with Gasteiger partial charge in [-0.1, -0.05) is 30.3 Å². The van der Waals surface area contributed by atoms with Gasteiger partial charge in [-0.2, -0.15) is 5.10 Å². The molecule has 0 bridgehead atoms. The molecular weight excluding hydrogens is 278 g/mol. The Labute approximate surface area is 119 Å². The summed E-state index contributed by atoms with van der Waals surface area (Å²) in [6.07, 6.45) is 5.41. The lowest BCUT2D eigenvalue weighted by molar-refractivity contribution is 0.880. The first-order chi connectivity index (χ1) is 9.24. The smallest absolute Gasteiger partial charge is 0.184 e. The van der Waals surface area contributed by atoms with Crippen molar-refractivity contribution in [3.63, 3.8) is 0 Å². The number of benzene rings is 1. The van der Waals surface area contributed by atoms with E-state index in [-0.39, 0.29) is 0 Å². The highest BCUT2D eigenvalue weighted by Gasteiger charge is 2.07. The molecule has 5 heteroatoms. The zero-order valence-corrected chi connectivity index (χ0v) is 11.5. The van der Waals surface area contributed by atoms with E-state index in [1.165, 1.54) is 11.3 Å². The lowest BCUT2D eigenvalue weighted by atomic mass is 10.1. The Morgan fingerprint density at radius 1 is 1.32 bits per heavy atom. The molecule has 0 aliphatic heterocycles. The van der Waals surface area contributed by atoms with Crippen LogP contribution in [0.4, 0.5) is 0 Å². The highest BCUT2D eigenvalue weighted by atomic mass is 35.5. The van der Waals surface area contributed by atoms with Gasteiger partial charge in [0.05, 0.1) is 10.6 Å². The summed E-state index contributed by atoms with van der Waals surface area (Å²) in [5.41, 5.74) is 2.95. The van der Waals surface area contributed by atoms with E-state index in [0.29, 0.717) is 4.47 Å². The molecule has 0 N–H and O–H groups in total. The second-order valence-corrected chi connectivity index (χ2v) is 5.57. The Morgan fingerprint density at radius 3 is 2.89 bits per heavy atom. The zero-order valence-electron chi connectivity index (χ0n) is 9.95. The Balaban J connectivity index is 1.98. The third-order valence-electron chi connectivity index (χ3n) is 2.74. The van der Waals surface area contributed by atoms with Crippen molar-refractivity contribution in [1.29, 1.82) is 0 Å². The summed E-state index contributed by atoms with van der Waals surface area (Å²) in [6, 6.07) is 9.94. The number of thiazole rings is 1. The largest absolute Gasteiger partial charge is 0.241 e. The number of hydrogen-bond donors (Lipinski definition) is 0. The summed E-state index contributed by atoms with van der Waals surface area (Å²) in [6.45, 7) is 4.11. The van der Waals surface area contributed by atoms with Gasteiger partial charge in [0.25, 0.3) is 0 Å². The van der Waals surface area contributed by atoms with E-state index >= 15 is 0 Å². The maximum atomic E-state index is 5.86. The molecule has 0 fully saturated rings. The van der Waals surface area contributed by atoms with Crippen LogP contribution in [-0.4, -0.2) is 14.8 Å². The molecule has 94 valence electrons. The van der Waals surface area contributed by atoms with Gasteiger partial charge < -0.3 is 0 Å². The summed E-state index contributed by atoms with van der Waals surface area (Å²) >= 11 is 7.28. The van der Waals surface area contributed by atoms with E-state index in [0.717, 1.165) is 21.7 Å². The van der Waals surface area contributed by atoms with Crippen LogP contribution >= 0.6 is 22.9 Å². The zero-order chi connectivity index (χ0) is 13.2.